The van der Waals surface area contributed by atoms with Crippen LogP contribution in [0.3, 0.4) is 0 Å². The standard InChI is InChI=1S/C27H28N2O5S/c1-3-14-27(2,25(31)32)29-24(30)23(22-13-8-15-35-22)28-26(33)34-16-21-19-11-6-4-9-17(19)18-10-5-7-12-20(18)21/h4-13,15,21,23H,3,14,16H2,1-2H3,(H,28,33)(H,29,30)(H,31,32). The molecule has 3 aromatic rings. The average molecular weight is 493 g/mol. The number of fused-ring (bicyclic) bond motifs is 3. The molecule has 8 heteroatoms. The summed E-state index contributed by atoms with van der Waals surface area (Å²) in [7, 11) is 0. The van der Waals surface area contributed by atoms with Crippen molar-refractivity contribution >= 4 is 29.3 Å². The number of carboxylic acid groups (broad SMARTS) is 1. The number of hydrogen-bond donors (Lipinski definition) is 3. The summed E-state index contributed by atoms with van der Waals surface area (Å²) >= 11 is 1.30. The van der Waals surface area contributed by atoms with Gasteiger partial charge in [-0.2, -0.15) is 0 Å². The maximum Gasteiger partial charge on any atom is 0.408 e. The molecule has 0 bridgehead atoms. The predicted octanol–water partition coefficient (Wildman–Crippen LogP) is 5.09. The Morgan fingerprint density at radius 2 is 1.66 bits per heavy atom. The highest BCUT2D eigenvalue weighted by Gasteiger charge is 2.37. The summed E-state index contributed by atoms with van der Waals surface area (Å²) in [6.07, 6.45) is 0.0934. The normalized spacial score (nSPS) is 14.8. The zero-order valence-corrected chi connectivity index (χ0v) is 20.4. The smallest absolute Gasteiger partial charge is 0.408 e. The molecule has 4 rings (SSSR count). The number of aliphatic carboxylic acids is 1. The fourth-order valence-corrected chi connectivity index (χ4v) is 5.32. The van der Waals surface area contributed by atoms with E-state index in [9.17, 15) is 19.5 Å². The van der Waals surface area contributed by atoms with Gasteiger partial charge in [0.25, 0.3) is 0 Å². The quantitative estimate of drug-likeness (QED) is 0.386. The van der Waals surface area contributed by atoms with Crippen molar-refractivity contribution in [1.29, 1.82) is 0 Å². The second-order valence-electron chi connectivity index (χ2n) is 8.79. The molecule has 0 radical (unpaired) electrons. The lowest BCUT2D eigenvalue weighted by atomic mass is 9.95. The third-order valence-electron chi connectivity index (χ3n) is 6.32. The summed E-state index contributed by atoms with van der Waals surface area (Å²) in [5.41, 5.74) is 2.98. The number of nitrogens with one attached hydrogen (secondary N) is 2. The molecule has 7 nitrogen and oxygen atoms in total. The number of carboxylic acids is 1. The molecule has 2 aromatic carbocycles. The summed E-state index contributed by atoms with van der Waals surface area (Å²) in [4.78, 5) is 38.3. The minimum absolute atomic E-state index is 0.109. The van der Waals surface area contributed by atoms with Crippen LogP contribution in [0.1, 0.15) is 54.7 Å². The van der Waals surface area contributed by atoms with Gasteiger partial charge in [0.2, 0.25) is 5.91 Å². The number of hydrogen-bond acceptors (Lipinski definition) is 5. The van der Waals surface area contributed by atoms with Gasteiger partial charge in [-0.05, 0) is 47.0 Å². The third kappa shape index (κ3) is 5.07. The molecule has 3 N–H and O–H groups in total. The van der Waals surface area contributed by atoms with E-state index in [4.69, 9.17) is 4.74 Å². The number of carbonyl (C=O) groups excluding carboxylic acids is 2. The van der Waals surface area contributed by atoms with E-state index in [1.807, 2.05) is 43.3 Å². The van der Waals surface area contributed by atoms with Crippen molar-refractivity contribution in [2.45, 2.75) is 44.2 Å². The van der Waals surface area contributed by atoms with Crippen LogP contribution in [0.2, 0.25) is 0 Å². The van der Waals surface area contributed by atoms with Gasteiger partial charge >= 0.3 is 12.1 Å². The van der Waals surface area contributed by atoms with Crippen molar-refractivity contribution < 1.29 is 24.2 Å². The molecule has 0 spiro atoms. The molecule has 1 heterocycles. The Morgan fingerprint density at radius 3 is 2.20 bits per heavy atom. The molecule has 1 aliphatic rings. The largest absolute Gasteiger partial charge is 0.480 e. The van der Waals surface area contributed by atoms with Crippen LogP contribution in [0, 0.1) is 0 Å². The topological polar surface area (TPSA) is 105 Å². The van der Waals surface area contributed by atoms with Gasteiger partial charge < -0.3 is 20.5 Å². The van der Waals surface area contributed by atoms with Gasteiger partial charge in [-0.1, -0.05) is 67.9 Å². The van der Waals surface area contributed by atoms with E-state index in [0.717, 1.165) is 22.3 Å². The number of amides is 2. The molecule has 0 saturated carbocycles. The number of thiophene rings is 1. The van der Waals surface area contributed by atoms with Gasteiger partial charge in [-0.25, -0.2) is 9.59 Å². The highest BCUT2D eigenvalue weighted by molar-refractivity contribution is 7.10. The van der Waals surface area contributed by atoms with Crippen LogP contribution in [0.25, 0.3) is 11.1 Å². The Bertz CT molecular complexity index is 1180. The molecule has 0 fully saturated rings. The van der Waals surface area contributed by atoms with Gasteiger partial charge in [-0.3, -0.25) is 4.79 Å². The van der Waals surface area contributed by atoms with E-state index >= 15 is 0 Å². The first-order valence-corrected chi connectivity index (χ1v) is 12.4. The molecule has 182 valence electrons. The van der Waals surface area contributed by atoms with Crippen molar-refractivity contribution in [2.24, 2.45) is 0 Å². The summed E-state index contributed by atoms with van der Waals surface area (Å²) in [5.74, 6) is -1.83. The minimum Gasteiger partial charge on any atom is -0.480 e. The number of ether oxygens (including phenoxy) is 1. The van der Waals surface area contributed by atoms with Crippen LogP contribution in [0.5, 0.6) is 0 Å². The molecule has 1 aliphatic carbocycles. The van der Waals surface area contributed by atoms with E-state index < -0.39 is 29.6 Å². The molecule has 2 unspecified atom stereocenters. The Hall–Kier alpha value is -3.65. The lowest BCUT2D eigenvalue weighted by Gasteiger charge is -2.28. The Labute approximate surface area is 208 Å². The van der Waals surface area contributed by atoms with Crippen LogP contribution >= 0.6 is 11.3 Å². The first-order chi connectivity index (χ1) is 16.8. The van der Waals surface area contributed by atoms with Crippen molar-refractivity contribution in [1.82, 2.24) is 10.6 Å². The number of rotatable bonds is 9. The summed E-state index contributed by atoms with van der Waals surface area (Å²) in [5, 5.41) is 16.7. The second-order valence-corrected chi connectivity index (χ2v) is 9.77. The highest BCUT2D eigenvalue weighted by Crippen LogP contribution is 2.44. The van der Waals surface area contributed by atoms with Gasteiger partial charge in [-0.15, -0.1) is 11.3 Å². The summed E-state index contributed by atoms with van der Waals surface area (Å²) in [6.45, 7) is 3.43. The maximum absolute atomic E-state index is 13.1. The van der Waals surface area contributed by atoms with E-state index in [1.165, 1.54) is 18.3 Å². The van der Waals surface area contributed by atoms with Crippen LogP contribution in [-0.2, 0) is 14.3 Å². The second kappa shape index (κ2) is 10.3. The van der Waals surface area contributed by atoms with E-state index in [0.29, 0.717) is 11.3 Å². The first-order valence-electron chi connectivity index (χ1n) is 11.5. The van der Waals surface area contributed by atoms with Gasteiger partial charge in [0.1, 0.15) is 18.2 Å². The lowest BCUT2D eigenvalue weighted by molar-refractivity contribution is -0.147. The molecule has 35 heavy (non-hydrogen) atoms. The number of benzene rings is 2. The van der Waals surface area contributed by atoms with Gasteiger partial charge in [0.05, 0.1) is 0 Å². The number of carbonyl (C=O) groups is 3. The zero-order chi connectivity index (χ0) is 25.0. The van der Waals surface area contributed by atoms with Crippen LogP contribution in [0.15, 0.2) is 66.0 Å². The monoisotopic (exact) mass is 492 g/mol. The van der Waals surface area contributed by atoms with Gasteiger partial charge in [0.15, 0.2) is 0 Å². The van der Waals surface area contributed by atoms with E-state index in [-0.39, 0.29) is 18.9 Å². The molecule has 0 saturated heterocycles. The summed E-state index contributed by atoms with van der Waals surface area (Å²) < 4.78 is 5.60. The van der Waals surface area contributed by atoms with Crippen molar-refractivity contribution in [2.75, 3.05) is 6.61 Å². The Morgan fingerprint density at radius 1 is 1.03 bits per heavy atom. The number of alkyl carbamates (subject to hydrolysis) is 1. The maximum atomic E-state index is 13.1. The molecule has 2 atom stereocenters. The lowest BCUT2D eigenvalue weighted by Crippen LogP contribution is -2.55. The minimum atomic E-state index is -1.44. The fraction of sp³-hybridized carbons (Fsp3) is 0.296. The molecular formula is C27H28N2O5S. The predicted molar refractivity (Wildman–Crippen MR) is 134 cm³/mol. The molecule has 1 aromatic heterocycles. The fourth-order valence-electron chi connectivity index (χ4n) is 4.55. The highest BCUT2D eigenvalue weighted by atomic mass is 32.1. The van der Waals surface area contributed by atoms with E-state index in [2.05, 4.69) is 22.8 Å². The van der Waals surface area contributed by atoms with Crippen molar-refractivity contribution in [3.05, 3.63) is 82.0 Å². The Kier molecular flexibility index (Phi) is 7.21. The van der Waals surface area contributed by atoms with Crippen LogP contribution in [-0.4, -0.2) is 35.2 Å². The zero-order valence-electron chi connectivity index (χ0n) is 19.6. The van der Waals surface area contributed by atoms with Gasteiger partial charge in [0, 0.05) is 10.8 Å². The SMILES string of the molecule is CCCC(C)(NC(=O)C(NC(=O)OCC1c2ccccc2-c2ccccc21)c1cccs1)C(=O)O. The first kappa shape index (κ1) is 24.5. The third-order valence-corrected chi connectivity index (χ3v) is 7.25. The Balaban J connectivity index is 1.48. The molecule has 2 amide bonds. The van der Waals surface area contributed by atoms with Crippen LogP contribution < -0.4 is 10.6 Å². The van der Waals surface area contributed by atoms with Crippen LogP contribution in [0.4, 0.5) is 4.79 Å². The van der Waals surface area contributed by atoms with Crippen molar-refractivity contribution in [3.63, 3.8) is 0 Å². The average Bonchev–Trinajstić information content (AvgIpc) is 3.48. The summed E-state index contributed by atoms with van der Waals surface area (Å²) in [6, 6.07) is 18.5. The molecule has 0 aliphatic heterocycles. The molecular weight excluding hydrogens is 464 g/mol. The van der Waals surface area contributed by atoms with Crippen molar-refractivity contribution in [3.8, 4) is 11.1 Å². The van der Waals surface area contributed by atoms with E-state index in [1.54, 1.807) is 17.5 Å².